The second kappa shape index (κ2) is 5.35. The number of likely N-dealkylation sites (tertiary alicyclic amines) is 1. The Morgan fingerprint density at radius 3 is 2.78 bits per heavy atom. The van der Waals surface area contributed by atoms with Gasteiger partial charge in [-0.2, -0.15) is 0 Å². The van der Waals surface area contributed by atoms with Crippen LogP contribution in [0.3, 0.4) is 0 Å². The maximum absolute atomic E-state index is 6.27. The van der Waals surface area contributed by atoms with Gasteiger partial charge in [-0.1, -0.05) is 11.6 Å². The van der Waals surface area contributed by atoms with Gasteiger partial charge in [0.1, 0.15) is 5.82 Å². The van der Waals surface area contributed by atoms with Crippen molar-refractivity contribution < 1.29 is 0 Å². The van der Waals surface area contributed by atoms with Crippen molar-refractivity contribution in [2.24, 2.45) is 0 Å². The van der Waals surface area contributed by atoms with Crippen LogP contribution in [0.5, 0.6) is 0 Å². The molecule has 0 saturated carbocycles. The van der Waals surface area contributed by atoms with Crippen molar-refractivity contribution in [3.05, 3.63) is 21.8 Å². The van der Waals surface area contributed by atoms with Gasteiger partial charge in [-0.25, -0.2) is 4.98 Å². The molecule has 2 saturated heterocycles. The molecule has 0 N–H and O–H groups in total. The lowest BCUT2D eigenvalue weighted by atomic mass is 10.2. The Morgan fingerprint density at radius 2 is 2.06 bits per heavy atom. The number of aromatic nitrogens is 1. The number of nitrogens with zero attached hydrogens (tertiary/aromatic N) is 3. The van der Waals surface area contributed by atoms with E-state index in [0.717, 1.165) is 28.4 Å². The van der Waals surface area contributed by atoms with Crippen LogP contribution in [0.1, 0.15) is 19.3 Å². The van der Waals surface area contributed by atoms with Crippen molar-refractivity contribution in [1.82, 2.24) is 9.88 Å². The van der Waals surface area contributed by atoms with Gasteiger partial charge in [-0.05, 0) is 54.3 Å². The van der Waals surface area contributed by atoms with E-state index >= 15 is 0 Å². The minimum Gasteiger partial charge on any atom is -0.354 e. The molecule has 0 amide bonds. The molecular formula is C13H17BrClN3. The third kappa shape index (κ3) is 2.51. The lowest BCUT2D eigenvalue weighted by molar-refractivity contribution is 0.260. The van der Waals surface area contributed by atoms with E-state index in [-0.39, 0.29) is 0 Å². The maximum Gasteiger partial charge on any atom is 0.147 e. The summed E-state index contributed by atoms with van der Waals surface area (Å²) < 4.78 is 0.937. The van der Waals surface area contributed by atoms with Crippen LogP contribution in [0.15, 0.2) is 16.7 Å². The number of anilines is 1. The molecule has 0 radical (unpaired) electrons. The fraction of sp³-hybridized carbons (Fsp3) is 0.615. The zero-order valence-electron chi connectivity index (χ0n) is 10.3. The van der Waals surface area contributed by atoms with Gasteiger partial charge in [0.05, 0.1) is 5.02 Å². The van der Waals surface area contributed by atoms with Gasteiger partial charge in [0.2, 0.25) is 0 Å². The van der Waals surface area contributed by atoms with E-state index in [1.165, 1.54) is 32.4 Å². The fourth-order valence-corrected chi connectivity index (χ4v) is 3.73. The van der Waals surface area contributed by atoms with E-state index in [0.29, 0.717) is 6.04 Å². The SMILES string of the molecule is Clc1cc(Br)cnc1N1CCC(N2CCCC2)C1. The third-order valence-corrected chi connectivity index (χ3v) is 4.62. The predicted molar refractivity (Wildman–Crippen MR) is 78.4 cm³/mol. The highest BCUT2D eigenvalue weighted by Crippen LogP contribution is 2.30. The predicted octanol–water partition coefficient (Wildman–Crippen LogP) is 3.17. The standard InChI is InChI=1S/C13H17BrClN3/c14-10-7-12(15)13(16-8-10)18-6-3-11(9-18)17-4-1-2-5-17/h7-8,11H,1-6,9H2. The number of hydrogen-bond donors (Lipinski definition) is 0. The lowest BCUT2D eigenvalue weighted by Crippen LogP contribution is -2.35. The summed E-state index contributed by atoms with van der Waals surface area (Å²) in [4.78, 5) is 9.38. The molecule has 1 aromatic heterocycles. The van der Waals surface area contributed by atoms with Crippen LogP contribution >= 0.6 is 27.5 Å². The number of hydrogen-bond acceptors (Lipinski definition) is 3. The van der Waals surface area contributed by atoms with Crippen molar-refractivity contribution in [2.75, 3.05) is 31.1 Å². The summed E-state index contributed by atoms with van der Waals surface area (Å²) in [5.41, 5.74) is 0. The molecule has 1 aromatic rings. The third-order valence-electron chi connectivity index (χ3n) is 3.91. The van der Waals surface area contributed by atoms with Crippen LogP contribution in [0.4, 0.5) is 5.82 Å². The molecule has 0 aliphatic carbocycles. The Kier molecular flexibility index (Phi) is 3.78. The van der Waals surface area contributed by atoms with E-state index in [9.17, 15) is 0 Å². The Labute approximate surface area is 121 Å². The summed E-state index contributed by atoms with van der Waals surface area (Å²) in [6.07, 6.45) is 5.76. The summed E-state index contributed by atoms with van der Waals surface area (Å²) in [5, 5.41) is 0.742. The maximum atomic E-state index is 6.27. The van der Waals surface area contributed by atoms with Crippen LogP contribution in [0, 0.1) is 0 Å². The summed E-state index contributed by atoms with van der Waals surface area (Å²) in [7, 11) is 0. The van der Waals surface area contributed by atoms with Gasteiger partial charge < -0.3 is 4.90 Å². The minimum atomic E-state index is 0.689. The van der Waals surface area contributed by atoms with E-state index < -0.39 is 0 Å². The molecule has 2 fully saturated rings. The molecule has 98 valence electrons. The zero-order valence-corrected chi connectivity index (χ0v) is 12.6. The monoisotopic (exact) mass is 329 g/mol. The van der Waals surface area contributed by atoms with Gasteiger partial charge in [0.15, 0.2) is 0 Å². The summed E-state index contributed by atoms with van der Waals surface area (Å²) in [6.45, 7) is 4.66. The van der Waals surface area contributed by atoms with Gasteiger partial charge in [-0.3, -0.25) is 4.90 Å². The molecule has 18 heavy (non-hydrogen) atoms. The van der Waals surface area contributed by atoms with Gasteiger partial charge in [0.25, 0.3) is 0 Å². The van der Waals surface area contributed by atoms with E-state index in [1.54, 1.807) is 0 Å². The smallest absolute Gasteiger partial charge is 0.147 e. The quantitative estimate of drug-likeness (QED) is 0.830. The first-order chi connectivity index (χ1) is 8.74. The van der Waals surface area contributed by atoms with Gasteiger partial charge in [-0.15, -0.1) is 0 Å². The Morgan fingerprint density at radius 1 is 1.28 bits per heavy atom. The fourth-order valence-electron chi connectivity index (χ4n) is 2.98. The topological polar surface area (TPSA) is 19.4 Å². The first-order valence-electron chi connectivity index (χ1n) is 6.54. The molecular weight excluding hydrogens is 314 g/mol. The van der Waals surface area contributed by atoms with Gasteiger partial charge >= 0.3 is 0 Å². The lowest BCUT2D eigenvalue weighted by Gasteiger charge is -2.24. The second-order valence-electron chi connectivity index (χ2n) is 5.09. The highest BCUT2D eigenvalue weighted by molar-refractivity contribution is 9.10. The Hall–Kier alpha value is -0.320. The first kappa shape index (κ1) is 12.7. The highest BCUT2D eigenvalue weighted by Gasteiger charge is 2.30. The van der Waals surface area contributed by atoms with E-state index in [4.69, 9.17) is 11.6 Å². The van der Waals surface area contributed by atoms with Crippen molar-refractivity contribution in [2.45, 2.75) is 25.3 Å². The molecule has 0 aromatic carbocycles. The largest absolute Gasteiger partial charge is 0.354 e. The molecule has 5 heteroatoms. The summed E-state index contributed by atoms with van der Waals surface area (Å²) in [5.74, 6) is 0.932. The average Bonchev–Trinajstić information content (AvgIpc) is 2.99. The molecule has 2 aliphatic heterocycles. The number of halogens is 2. The summed E-state index contributed by atoms with van der Waals surface area (Å²) >= 11 is 9.67. The Bertz CT molecular complexity index is 434. The van der Waals surface area contributed by atoms with Crippen LogP contribution in [-0.4, -0.2) is 42.1 Å². The molecule has 2 aliphatic rings. The van der Waals surface area contributed by atoms with Crippen molar-refractivity contribution >= 4 is 33.3 Å². The van der Waals surface area contributed by atoms with Crippen LogP contribution < -0.4 is 4.90 Å². The second-order valence-corrected chi connectivity index (χ2v) is 6.41. The van der Waals surface area contributed by atoms with Crippen molar-refractivity contribution in [1.29, 1.82) is 0 Å². The molecule has 0 bridgehead atoms. The summed E-state index contributed by atoms with van der Waals surface area (Å²) in [6, 6.07) is 2.61. The molecule has 1 unspecified atom stereocenters. The highest BCUT2D eigenvalue weighted by atomic mass is 79.9. The van der Waals surface area contributed by atoms with Crippen molar-refractivity contribution in [3.8, 4) is 0 Å². The van der Waals surface area contributed by atoms with Gasteiger partial charge in [0, 0.05) is 29.8 Å². The molecule has 1 atom stereocenters. The zero-order chi connectivity index (χ0) is 12.5. The normalized spacial score (nSPS) is 25.0. The van der Waals surface area contributed by atoms with Crippen LogP contribution in [-0.2, 0) is 0 Å². The minimum absolute atomic E-state index is 0.689. The molecule has 3 nitrogen and oxygen atoms in total. The van der Waals surface area contributed by atoms with Crippen LogP contribution in [0.25, 0.3) is 0 Å². The average molecular weight is 331 g/mol. The van der Waals surface area contributed by atoms with Crippen LogP contribution in [0.2, 0.25) is 5.02 Å². The Balaban J connectivity index is 1.71. The number of pyridine rings is 1. The first-order valence-corrected chi connectivity index (χ1v) is 7.71. The molecule has 0 spiro atoms. The molecule has 3 heterocycles. The molecule has 3 rings (SSSR count). The van der Waals surface area contributed by atoms with Crippen molar-refractivity contribution in [3.63, 3.8) is 0 Å². The van der Waals surface area contributed by atoms with E-state index in [1.807, 2.05) is 12.3 Å². The number of rotatable bonds is 2. The van der Waals surface area contributed by atoms with E-state index in [2.05, 4.69) is 30.7 Å².